The lowest BCUT2D eigenvalue weighted by Gasteiger charge is -2.38. The molecular formula is C14H18N2O4. The van der Waals surface area contributed by atoms with Crippen LogP contribution in [0.2, 0.25) is 0 Å². The summed E-state index contributed by atoms with van der Waals surface area (Å²) in [5, 5.41) is 20.4. The first-order chi connectivity index (χ1) is 9.41. The molecule has 1 aliphatic rings. The molecule has 108 valence electrons. The summed E-state index contributed by atoms with van der Waals surface area (Å²) >= 11 is 0. The van der Waals surface area contributed by atoms with Crippen molar-refractivity contribution in [3.63, 3.8) is 0 Å². The zero-order chi connectivity index (χ0) is 14.9. The highest BCUT2D eigenvalue weighted by molar-refractivity contribution is 5.79. The molecule has 2 atom stereocenters. The van der Waals surface area contributed by atoms with Crippen molar-refractivity contribution >= 4 is 17.3 Å². The first-order valence-electron chi connectivity index (χ1n) is 6.66. The number of carboxylic acid groups (broad SMARTS) is 1. The van der Waals surface area contributed by atoms with Crippen molar-refractivity contribution < 1.29 is 14.8 Å². The highest BCUT2D eigenvalue weighted by Gasteiger charge is 2.34. The van der Waals surface area contributed by atoms with Crippen LogP contribution in [0.4, 0.5) is 11.4 Å². The van der Waals surface area contributed by atoms with Crippen molar-refractivity contribution in [1.29, 1.82) is 0 Å². The second kappa shape index (κ2) is 5.48. The normalized spacial score (nSPS) is 22.6. The Morgan fingerprint density at radius 1 is 1.50 bits per heavy atom. The molecular weight excluding hydrogens is 260 g/mol. The smallest absolute Gasteiger partial charge is 0.326 e. The standard InChI is InChI=1S/C14H18N2O4/c1-9-5-6-11(8-12(9)16(19)20)15-7-3-4-10(2)13(15)14(17)18/h5-6,8,10,13H,3-4,7H2,1-2H3,(H,17,18). The van der Waals surface area contributed by atoms with E-state index in [9.17, 15) is 20.0 Å². The van der Waals surface area contributed by atoms with E-state index in [0.717, 1.165) is 12.8 Å². The molecule has 0 saturated carbocycles. The molecule has 0 radical (unpaired) electrons. The van der Waals surface area contributed by atoms with Crippen molar-refractivity contribution in [2.24, 2.45) is 5.92 Å². The molecule has 1 aromatic rings. The molecule has 0 aliphatic carbocycles. The minimum atomic E-state index is -0.875. The van der Waals surface area contributed by atoms with Gasteiger partial charge in [0.25, 0.3) is 5.69 Å². The van der Waals surface area contributed by atoms with Gasteiger partial charge < -0.3 is 10.0 Å². The Morgan fingerprint density at radius 3 is 2.80 bits per heavy atom. The molecule has 0 amide bonds. The molecule has 2 rings (SSSR count). The van der Waals surface area contributed by atoms with Gasteiger partial charge in [-0.05, 0) is 31.7 Å². The van der Waals surface area contributed by atoms with E-state index < -0.39 is 16.9 Å². The number of carboxylic acids is 1. The fourth-order valence-corrected chi connectivity index (χ4v) is 2.83. The van der Waals surface area contributed by atoms with Gasteiger partial charge in [-0.2, -0.15) is 0 Å². The van der Waals surface area contributed by atoms with E-state index in [2.05, 4.69) is 0 Å². The SMILES string of the molecule is Cc1ccc(N2CCCC(C)C2C(=O)O)cc1[N+](=O)[O-]. The van der Waals surface area contributed by atoms with Gasteiger partial charge in [-0.3, -0.25) is 10.1 Å². The molecule has 20 heavy (non-hydrogen) atoms. The minimum absolute atomic E-state index is 0.0293. The molecule has 1 fully saturated rings. The van der Waals surface area contributed by atoms with Crippen molar-refractivity contribution in [3.8, 4) is 0 Å². The highest BCUT2D eigenvalue weighted by atomic mass is 16.6. The number of anilines is 1. The fourth-order valence-electron chi connectivity index (χ4n) is 2.83. The second-order valence-corrected chi connectivity index (χ2v) is 5.32. The molecule has 6 nitrogen and oxygen atoms in total. The predicted octanol–water partition coefficient (Wildman–Crippen LogP) is 2.59. The van der Waals surface area contributed by atoms with Gasteiger partial charge in [0.05, 0.1) is 4.92 Å². The molecule has 1 N–H and O–H groups in total. The van der Waals surface area contributed by atoms with Gasteiger partial charge >= 0.3 is 5.97 Å². The maximum atomic E-state index is 11.5. The number of benzene rings is 1. The molecule has 1 aromatic carbocycles. The Morgan fingerprint density at radius 2 is 2.20 bits per heavy atom. The first kappa shape index (κ1) is 14.3. The Balaban J connectivity index is 2.40. The predicted molar refractivity (Wildman–Crippen MR) is 75.0 cm³/mol. The van der Waals surface area contributed by atoms with Gasteiger partial charge in [0, 0.05) is 23.9 Å². The van der Waals surface area contributed by atoms with Crippen LogP contribution in [0.5, 0.6) is 0 Å². The number of nitrogens with zero attached hydrogens (tertiary/aromatic N) is 2. The highest BCUT2D eigenvalue weighted by Crippen LogP contribution is 2.32. The van der Waals surface area contributed by atoms with Crippen LogP contribution in [0.1, 0.15) is 25.3 Å². The van der Waals surface area contributed by atoms with Crippen molar-refractivity contribution in [2.45, 2.75) is 32.7 Å². The third-order valence-corrected chi connectivity index (χ3v) is 3.91. The van der Waals surface area contributed by atoms with Crippen LogP contribution in [0, 0.1) is 23.0 Å². The molecule has 0 spiro atoms. The van der Waals surface area contributed by atoms with Crippen LogP contribution in [-0.4, -0.2) is 28.6 Å². The molecule has 0 aromatic heterocycles. The number of piperidine rings is 1. The summed E-state index contributed by atoms with van der Waals surface area (Å²) in [4.78, 5) is 23.8. The van der Waals surface area contributed by atoms with Crippen LogP contribution < -0.4 is 4.90 Å². The van der Waals surface area contributed by atoms with E-state index in [4.69, 9.17) is 0 Å². The summed E-state index contributed by atoms with van der Waals surface area (Å²) in [5.74, 6) is -0.845. The van der Waals surface area contributed by atoms with Crippen molar-refractivity contribution in [2.75, 3.05) is 11.4 Å². The van der Waals surface area contributed by atoms with Gasteiger partial charge in [0.1, 0.15) is 6.04 Å². The summed E-state index contributed by atoms with van der Waals surface area (Å²) in [7, 11) is 0. The Bertz CT molecular complexity index is 544. The lowest BCUT2D eigenvalue weighted by Crippen LogP contribution is -2.49. The zero-order valence-corrected chi connectivity index (χ0v) is 11.6. The second-order valence-electron chi connectivity index (χ2n) is 5.32. The van der Waals surface area contributed by atoms with Gasteiger partial charge in [0.2, 0.25) is 0 Å². The molecule has 1 heterocycles. The van der Waals surface area contributed by atoms with Crippen LogP contribution in [0.25, 0.3) is 0 Å². The lowest BCUT2D eigenvalue weighted by molar-refractivity contribution is -0.385. The average Bonchev–Trinajstić information content (AvgIpc) is 2.38. The van der Waals surface area contributed by atoms with E-state index in [-0.39, 0.29) is 11.6 Å². The number of hydrogen-bond acceptors (Lipinski definition) is 4. The molecule has 0 bridgehead atoms. The quantitative estimate of drug-likeness (QED) is 0.678. The largest absolute Gasteiger partial charge is 0.480 e. The van der Waals surface area contributed by atoms with Crippen molar-refractivity contribution in [3.05, 3.63) is 33.9 Å². The number of nitro groups is 1. The van der Waals surface area contributed by atoms with Gasteiger partial charge in [-0.1, -0.05) is 13.0 Å². The molecule has 1 saturated heterocycles. The number of hydrogen-bond donors (Lipinski definition) is 1. The zero-order valence-electron chi connectivity index (χ0n) is 11.6. The topological polar surface area (TPSA) is 83.7 Å². The number of nitro benzene ring substituents is 1. The Hall–Kier alpha value is -2.11. The summed E-state index contributed by atoms with van der Waals surface area (Å²) in [5.41, 5.74) is 1.22. The third-order valence-electron chi connectivity index (χ3n) is 3.91. The molecule has 6 heteroatoms. The van der Waals surface area contributed by atoms with Gasteiger partial charge in [-0.25, -0.2) is 4.79 Å². The lowest BCUT2D eigenvalue weighted by atomic mass is 9.90. The third kappa shape index (κ3) is 2.59. The maximum Gasteiger partial charge on any atom is 0.326 e. The Labute approximate surface area is 117 Å². The van der Waals surface area contributed by atoms with Gasteiger partial charge in [0.15, 0.2) is 0 Å². The van der Waals surface area contributed by atoms with Crippen LogP contribution in [-0.2, 0) is 4.79 Å². The van der Waals surface area contributed by atoms with Gasteiger partial charge in [-0.15, -0.1) is 0 Å². The summed E-state index contributed by atoms with van der Waals surface area (Å²) < 4.78 is 0. The summed E-state index contributed by atoms with van der Waals surface area (Å²) in [6.45, 7) is 4.20. The molecule has 2 unspecified atom stereocenters. The maximum absolute atomic E-state index is 11.5. The number of aryl methyl sites for hydroxylation is 1. The van der Waals surface area contributed by atoms with E-state index in [1.165, 1.54) is 6.07 Å². The van der Waals surface area contributed by atoms with E-state index in [0.29, 0.717) is 17.8 Å². The number of rotatable bonds is 3. The van der Waals surface area contributed by atoms with Crippen LogP contribution >= 0.6 is 0 Å². The van der Waals surface area contributed by atoms with Crippen LogP contribution in [0.3, 0.4) is 0 Å². The minimum Gasteiger partial charge on any atom is -0.480 e. The van der Waals surface area contributed by atoms with Crippen molar-refractivity contribution in [1.82, 2.24) is 0 Å². The fraction of sp³-hybridized carbons (Fsp3) is 0.500. The number of carbonyl (C=O) groups is 1. The molecule has 1 aliphatic heterocycles. The van der Waals surface area contributed by atoms with Crippen LogP contribution in [0.15, 0.2) is 18.2 Å². The van der Waals surface area contributed by atoms with E-state index >= 15 is 0 Å². The van der Waals surface area contributed by atoms with E-state index in [1.54, 1.807) is 24.0 Å². The number of aliphatic carboxylic acids is 1. The average molecular weight is 278 g/mol. The summed E-state index contributed by atoms with van der Waals surface area (Å²) in [6.07, 6.45) is 1.76. The Kier molecular flexibility index (Phi) is 3.92. The first-order valence-corrected chi connectivity index (χ1v) is 6.66. The summed E-state index contributed by atoms with van der Waals surface area (Å²) in [6, 6.07) is 4.29. The monoisotopic (exact) mass is 278 g/mol. The van der Waals surface area contributed by atoms with E-state index in [1.807, 2.05) is 6.92 Å².